The Labute approximate surface area is 158 Å². The third kappa shape index (κ3) is 3.47. The lowest BCUT2D eigenvalue weighted by atomic mass is 10.1. The van der Waals surface area contributed by atoms with Crippen LogP contribution < -0.4 is 5.32 Å². The molecule has 4 rings (SSSR count). The van der Waals surface area contributed by atoms with Crippen molar-refractivity contribution in [1.82, 2.24) is 15.2 Å². The van der Waals surface area contributed by atoms with E-state index in [0.29, 0.717) is 28.2 Å². The van der Waals surface area contributed by atoms with Gasteiger partial charge in [-0.05, 0) is 43.5 Å². The van der Waals surface area contributed by atoms with Gasteiger partial charge in [-0.3, -0.25) is 9.78 Å². The van der Waals surface area contributed by atoms with Gasteiger partial charge in [-0.25, -0.2) is 0 Å². The molecule has 1 amide bonds. The first kappa shape index (κ1) is 19.3. The maximum Gasteiger partial charge on any atom is 0.256 e. The van der Waals surface area contributed by atoms with Crippen LogP contribution in [0, 0.1) is 0 Å². The number of hydrogen-bond donors (Lipinski definition) is 1. The minimum Gasteiger partial charge on any atom is -0.337 e. The maximum absolute atomic E-state index is 13.0. The van der Waals surface area contributed by atoms with E-state index in [0.717, 1.165) is 31.3 Å². The van der Waals surface area contributed by atoms with Crippen LogP contribution in [0.1, 0.15) is 29.6 Å². The molecule has 0 aliphatic carbocycles. The van der Waals surface area contributed by atoms with Crippen molar-refractivity contribution in [3.05, 3.63) is 41.0 Å². The minimum atomic E-state index is 0. The van der Waals surface area contributed by atoms with E-state index in [2.05, 4.69) is 10.3 Å². The highest BCUT2D eigenvalue weighted by atomic mass is 35.5. The lowest BCUT2D eigenvalue weighted by Crippen LogP contribution is -2.39. The molecule has 0 spiro atoms. The molecule has 2 aliphatic heterocycles. The molecule has 2 aromatic rings. The van der Waals surface area contributed by atoms with E-state index < -0.39 is 0 Å². The second kappa shape index (κ2) is 7.87. The number of aromatic nitrogens is 1. The van der Waals surface area contributed by atoms with Gasteiger partial charge in [-0.1, -0.05) is 11.6 Å². The summed E-state index contributed by atoms with van der Waals surface area (Å²) in [5.41, 5.74) is 1.35. The fourth-order valence-corrected chi connectivity index (χ4v) is 3.82. The van der Waals surface area contributed by atoms with Crippen molar-refractivity contribution in [2.24, 2.45) is 0 Å². The summed E-state index contributed by atoms with van der Waals surface area (Å²) in [6, 6.07) is 8.35. The molecule has 0 saturated carbocycles. The number of carbonyl (C=O) groups excluding carboxylic acids is 1. The summed E-state index contributed by atoms with van der Waals surface area (Å²) >= 11 is 6.22. The van der Waals surface area contributed by atoms with Crippen LogP contribution in [-0.2, 0) is 0 Å². The second-order valence-corrected chi connectivity index (χ2v) is 6.58. The van der Waals surface area contributed by atoms with Gasteiger partial charge in [0.2, 0.25) is 0 Å². The smallest absolute Gasteiger partial charge is 0.256 e. The van der Waals surface area contributed by atoms with E-state index in [4.69, 9.17) is 11.6 Å². The number of nitrogens with one attached hydrogen (secondary N) is 1. The Balaban J connectivity index is 0.00000104. The second-order valence-electron chi connectivity index (χ2n) is 6.17. The quantitative estimate of drug-likeness (QED) is 0.810. The summed E-state index contributed by atoms with van der Waals surface area (Å²) in [5.74, 6) is 0.0646. The van der Waals surface area contributed by atoms with Crippen molar-refractivity contribution in [2.45, 2.75) is 31.3 Å². The van der Waals surface area contributed by atoms with E-state index in [1.807, 2.05) is 17.0 Å². The van der Waals surface area contributed by atoms with E-state index in [1.165, 1.54) is 6.42 Å². The molecule has 1 N–H and O–H groups in total. The molecule has 2 atom stereocenters. The number of hydrogen-bond acceptors (Lipinski definition) is 3. The number of amides is 1. The Morgan fingerprint density at radius 2 is 1.96 bits per heavy atom. The number of benzene rings is 1. The van der Waals surface area contributed by atoms with Crippen molar-refractivity contribution in [3.63, 3.8) is 0 Å². The summed E-state index contributed by atoms with van der Waals surface area (Å²) in [5, 5.41) is 5.08. The molecule has 2 bridgehead atoms. The lowest BCUT2D eigenvalue weighted by Gasteiger charge is -2.24. The zero-order valence-electron chi connectivity index (χ0n) is 13.1. The van der Waals surface area contributed by atoms with Crippen LogP contribution in [0.4, 0.5) is 0 Å². The van der Waals surface area contributed by atoms with Crippen LogP contribution in [0.2, 0.25) is 5.02 Å². The predicted molar refractivity (Wildman–Crippen MR) is 102 cm³/mol. The van der Waals surface area contributed by atoms with E-state index in [-0.39, 0.29) is 30.7 Å². The van der Waals surface area contributed by atoms with Crippen molar-refractivity contribution in [2.75, 3.05) is 13.1 Å². The average Bonchev–Trinajstić information content (AvgIpc) is 2.86. The van der Waals surface area contributed by atoms with Gasteiger partial charge in [0.15, 0.2) is 0 Å². The summed E-state index contributed by atoms with van der Waals surface area (Å²) < 4.78 is 0. The largest absolute Gasteiger partial charge is 0.337 e. The van der Waals surface area contributed by atoms with Gasteiger partial charge < -0.3 is 10.2 Å². The molecule has 2 unspecified atom stereocenters. The van der Waals surface area contributed by atoms with Gasteiger partial charge in [0.25, 0.3) is 5.91 Å². The van der Waals surface area contributed by atoms with Gasteiger partial charge in [0.05, 0.1) is 16.1 Å². The number of pyridine rings is 1. The number of carbonyl (C=O) groups is 1. The van der Waals surface area contributed by atoms with Crippen molar-refractivity contribution in [1.29, 1.82) is 0 Å². The van der Waals surface area contributed by atoms with E-state index in [1.54, 1.807) is 18.3 Å². The first-order chi connectivity index (χ1) is 10.7. The highest BCUT2D eigenvalue weighted by Crippen LogP contribution is 2.27. The summed E-state index contributed by atoms with van der Waals surface area (Å²) in [6.45, 7) is 1.59. The molecular formula is C17H20Cl3N3O. The number of fused-ring (bicyclic) bond motifs is 3. The van der Waals surface area contributed by atoms with Crippen LogP contribution in [-0.4, -0.2) is 41.0 Å². The topological polar surface area (TPSA) is 45.2 Å². The zero-order chi connectivity index (χ0) is 15.1. The van der Waals surface area contributed by atoms with Gasteiger partial charge in [0, 0.05) is 36.8 Å². The van der Waals surface area contributed by atoms with Crippen LogP contribution in [0.15, 0.2) is 30.5 Å². The first-order valence-corrected chi connectivity index (χ1v) is 8.19. The third-order valence-corrected chi connectivity index (χ3v) is 5.09. The van der Waals surface area contributed by atoms with E-state index >= 15 is 0 Å². The molecule has 4 nitrogen and oxygen atoms in total. The Kier molecular flexibility index (Phi) is 6.32. The zero-order valence-corrected chi connectivity index (χ0v) is 15.5. The number of halogens is 3. The van der Waals surface area contributed by atoms with Crippen LogP contribution in [0.25, 0.3) is 10.9 Å². The van der Waals surface area contributed by atoms with Gasteiger partial charge in [0.1, 0.15) is 0 Å². The Morgan fingerprint density at radius 3 is 2.79 bits per heavy atom. The fraction of sp³-hybridized carbons (Fsp3) is 0.412. The average molecular weight is 389 g/mol. The van der Waals surface area contributed by atoms with Gasteiger partial charge in [-0.15, -0.1) is 24.8 Å². The summed E-state index contributed by atoms with van der Waals surface area (Å²) in [4.78, 5) is 19.3. The van der Waals surface area contributed by atoms with Gasteiger partial charge in [-0.2, -0.15) is 0 Å². The lowest BCUT2D eigenvalue weighted by molar-refractivity contribution is 0.0750. The predicted octanol–water partition coefficient (Wildman–Crippen LogP) is 3.70. The molecule has 3 heterocycles. The number of nitrogens with zero attached hydrogens (tertiary/aromatic N) is 2. The summed E-state index contributed by atoms with van der Waals surface area (Å²) in [6.07, 6.45) is 5.13. The number of rotatable bonds is 1. The molecule has 24 heavy (non-hydrogen) atoms. The first-order valence-electron chi connectivity index (χ1n) is 7.81. The summed E-state index contributed by atoms with van der Waals surface area (Å²) in [7, 11) is 0. The Bertz CT molecular complexity index is 740. The number of likely N-dealkylation sites (tertiary alicyclic amines) is 1. The molecule has 130 valence electrons. The highest BCUT2D eigenvalue weighted by Gasteiger charge is 2.32. The van der Waals surface area contributed by atoms with Crippen molar-refractivity contribution >= 4 is 53.2 Å². The fourth-order valence-electron chi connectivity index (χ4n) is 3.61. The van der Waals surface area contributed by atoms with Crippen LogP contribution >= 0.6 is 36.4 Å². The van der Waals surface area contributed by atoms with Crippen molar-refractivity contribution in [3.8, 4) is 0 Å². The molecular weight excluding hydrogens is 369 g/mol. The molecule has 2 saturated heterocycles. The molecule has 0 radical (unpaired) electrons. The maximum atomic E-state index is 13.0. The van der Waals surface area contributed by atoms with E-state index in [9.17, 15) is 4.79 Å². The van der Waals surface area contributed by atoms with Crippen molar-refractivity contribution < 1.29 is 4.79 Å². The van der Waals surface area contributed by atoms with Crippen LogP contribution in [0.5, 0.6) is 0 Å². The third-order valence-electron chi connectivity index (χ3n) is 4.76. The molecule has 2 fully saturated rings. The monoisotopic (exact) mass is 387 g/mol. The minimum absolute atomic E-state index is 0. The molecule has 1 aromatic heterocycles. The molecule has 7 heteroatoms. The molecule has 1 aromatic carbocycles. The molecule has 2 aliphatic rings. The standard InChI is InChI=1S/C17H18ClN3O.2ClH/c18-15-6-5-14(16-13(15)2-1-8-19-16)17(22)21-9-7-11-3-4-12(10-21)20-11;;/h1-2,5-6,8,11-12,20H,3-4,7,9-10H2;2*1H. The van der Waals surface area contributed by atoms with Crippen LogP contribution in [0.3, 0.4) is 0 Å². The SMILES string of the molecule is Cl.Cl.O=C(c1ccc(Cl)c2cccnc12)N1CCC2CCC(C1)N2. The van der Waals surface area contributed by atoms with Gasteiger partial charge >= 0.3 is 0 Å². The Morgan fingerprint density at radius 1 is 1.17 bits per heavy atom. The normalized spacial score (nSPS) is 22.5. The highest BCUT2D eigenvalue weighted by molar-refractivity contribution is 6.36. The Hall–Kier alpha value is -1.07.